The molecule has 0 saturated heterocycles. The Morgan fingerprint density at radius 3 is 2.95 bits per heavy atom. The third-order valence-electron chi connectivity index (χ3n) is 2.61. The molecule has 0 aliphatic carbocycles. The molecule has 102 valence electrons. The highest BCUT2D eigenvalue weighted by Crippen LogP contribution is 2.30. The second-order valence-electron chi connectivity index (χ2n) is 3.79. The van der Waals surface area contributed by atoms with Gasteiger partial charge in [0.2, 0.25) is 0 Å². The van der Waals surface area contributed by atoms with E-state index in [4.69, 9.17) is 4.74 Å². The van der Waals surface area contributed by atoms with Gasteiger partial charge < -0.3 is 15.4 Å². The van der Waals surface area contributed by atoms with Crippen molar-refractivity contribution in [2.45, 2.75) is 13.0 Å². The summed E-state index contributed by atoms with van der Waals surface area (Å²) < 4.78 is 5.07. The molecule has 2 rings (SSSR count). The van der Waals surface area contributed by atoms with Crippen molar-refractivity contribution in [3.63, 3.8) is 0 Å². The van der Waals surface area contributed by atoms with Gasteiger partial charge in [0.25, 0.3) is 0 Å². The molecule has 2 heterocycles. The van der Waals surface area contributed by atoms with Crippen LogP contribution in [0.1, 0.15) is 17.8 Å². The van der Waals surface area contributed by atoms with Crippen LogP contribution >= 0.6 is 27.3 Å². The summed E-state index contributed by atoms with van der Waals surface area (Å²) >= 11 is 4.77. The molecule has 0 spiro atoms. The van der Waals surface area contributed by atoms with E-state index < -0.39 is 12.0 Å². The van der Waals surface area contributed by atoms with E-state index in [-0.39, 0.29) is 6.03 Å². The fourth-order valence-electron chi connectivity index (χ4n) is 1.84. The number of nitrogens with one attached hydrogen (secondary N) is 2. The molecule has 2 amide bonds. The minimum Gasteiger partial charge on any atom is -0.463 e. The van der Waals surface area contributed by atoms with Crippen LogP contribution in [0, 0.1) is 0 Å². The molecule has 1 aliphatic heterocycles. The summed E-state index contributed by atoms with van der Waals surface area (Å²) in [5, 5.41) is 7.68. The lowest BCUT2D eigenvalue weighted by Crippen LogP contribution is -2.46. The number of urea groups is 1. The van der Waals surface area contributed by atoms with Crippen molar-refractivity contribution in [1.29, 1.82) is 0 Å². The number of thiophene rings is 1. The SMILES string of the molecule is CCOC(=O)C1=C(CBr)NC(=O)N[C@@H]1c1cccs1. The zero-order valence-corrected chi connectivity index (χ0v) is 12.6. The smallest absolute Gasteiger partial charge is 0.338 e. The Bertz CT molecular complexity index is 513. The first-order valence-electron chi connectivity index (χ1n) is 5.74. The van der Waals surface area contributed by atoms with Gasteiger partial charge in [0.05, 0.1) is 18.2 Å². The van der Waals surface area contributed by atoms with Crippen molar-refractivity contribution in [3.05, 3.63) is 33.7 Å². The van der Waals surface area contributed by atoms with Crippen molar-refractivity contribution in [3.8, 4) is 0 Å². The Morgan fingerprint density at radius 1 is 1.58 bits per heavy atom. The lowest BCUT2D eigenvalue weighted by molar-refractivity contribution is -0.139. The summed E-state index contributed by atoms with van der Waals surface area (Å²) in [7, 11) is 0. The van der Waals surface area contributed by atoms with Gasteiger partial charge >= 0.3 is 12.0 Å². The largest absolute Gasteiger partial charge is 0.463 e. The minimum atomic E-state index is -0.458. The molecular weight excluding hydrogens is 332 g/mol. The van der Waals surface area contributed by atoms with Crippen LogP contribution in [-0.4, -0.2) is 23.9 Å². The number of esters is 1. The maximum atomic E-state index is 12.1. The van der Waals surface area contributed by atoms with Crippen LogP contribution in [0.4, 0.5) is 4.79 Å². The second-order valence-corrected chi connectivity index (χ2v) is 5.33. The van der Waals surface area contributed by atoms with E-state index in [1.807, 2.05) is 17.5 Å². The number of ether oxygens (including phenoxy) is 1. The number of halogens is 1. The minimum absolute atomic E-state index is 0.295. The molecule has 1 atom stereocenters. The predicted octanol–water partition coefficient (Wildman–Crippen LogP) is 2.31. The Morgan fingerprint density at radius 2 is 2.37 bits per heavy atom. The van der Waals surface area contributed by atoms with Gasteiger partial charge in [0.15, 0.2) is 0 Å². The van der Waals surface area contributed by atoms with Crippen LogP contribution in [-0.2, 0) is 9.53 Å². The average Bonchev–Trinajstić information content (AvgIpc) is 2.91. The highest BCUT2D eigenvalue weighted by molar-refractivity contribution is 9.09. The summed E-state index contributed by atoms with van der Waals surface area (Å²) in [5.41, 5.74) is 0.987. The topological polar surface area (TPSA) is 67.4 Å². The molecular formula is C12H13BrN2O3S. The first-order valence-corrected chi connectivity index (χ1v) is 7.74. The van der Waals surface area contributed by atoms with Crippen LogP contribution < -0.4 is 10.6 Å². The van der Waals surface area contributed by atoms with E-state index in [0.29, 0.717) is 23.2 Å². The maximum absolute atomic E-state index is 12.1. The van der Waals surface area contributed by atoms with E-state index in [0.717, 1.165) is 4.88 Å². The Kier molecular flexibility index (Phi) is 4.60. The summed E-state index contributed by atoms with van der Waals surface area (Å²) in [6.07, 6.45) is 0. The highest BCUT2D eigenvalue weighted by atomic mass is 79.9. The normalized spacial score (nSPS) is 18.8. The van der Waals surface area contributed by atoms with Crippen LogP contribution in [0.5, 0.6) is 0 Å². The molecule has 0 fully saturated rings. The van der Waals surface area contributed by atoms with E-state index in [9.17, 15) is 9.59 Å². The van der Waals surface area contributed by atoms with Gasteiger partial charge in [-0.2, -0.15) is 0 Å². The molecule has 0 unspecified atom stereocenters. The number of alkyl halides is 1. The monoisotopic (exact) mass is 344 g/mol. The Labute approximate surface area is 123 Å². The maximum Gasteiger partial charge on any atom is 0.338 e. The van der Waals surface area contributed by atoms with E-state index in [1.54, 1.807) is 6.92 Å². The number of rotatable bonds is 4. The zero-order chi connectivity index (χ0) is 13.8. The first-order chi connectivity index (χ1) is 9.17. The fourth-order valence-corrected chi connectivity index (χ4v) is 3.07. The van der Waals surface area contributed by atoms with Crippen molar-refractivity contribution in [2.75, 3.05) is 11.9 Å². The van der Waals surface area contributed by atoms with E-state index >= 15 is 0 Å². The number of carbonyl (C=O) groups is 2. The number of allylic oxidation sites excluding steroid dienone is 1. The van der Waals surface area contributed by atoms with Gasteiger partial charge in [-0.3, -0.25) is 0 Å². The molecule has 19 heavy (non-hydrogen) atoms. The van der Waals surface area contributed by atoms with Crippen molar-refractivity contribution >= 4 is 39.3 Å². The van der Waals surface area contributed by atoms with Crippen molar-refractivity contribution < 1.29 is 14.3 Å². The number of hydrogen-bond donors (Lipinski definition) is 2. The molecule has 2 N–H and O–H groups in total. The third kappa shape index (κ3) is 2.98. The average molecular weight is 345 g/mol. The van der Waals surface area contributed by atoms with Gasteiger partial charge in [-0.05, 0) is 18.4 Å². The van der Waals surface area contributed by atoms with Crippen LogP contribution in [0.25, 0.3) is 0 Å². The van der Waals surface area contributed by atoms with Gasteiger partial charge in [0.1, 0.15) is 0 Å². The fraction of sp³-hybridized carbons (Fsp3) is 0.333. The molecule has 1 aromatic heterocycles. The molecule has 1 aliphatic rings. The molecule has 1 aromatic rings. The Hall–Kier alpha value is -1.34. The van der Waals surface area contributed by atoms with Crippen LogP contribution in [0.15, 0.2) is 28.8 Å². The molecule has 0 saturated carbocycles. The van der Waals surface area contributed by atoms with Crippen molar-refractivity contribution in [1.82, 2.24) is 10.6 Å². The third-order valence-corrected chi connectivity index (χ3v) is 4.11. The highest BCUT2D eigenvalue weighted by Gasteiger charge is 2.33. The van der Waals surface area contributed by atoms with Gasteiger partial charge in [0, 0.05) is 15.9 Å². The predicted molar refractivity (Wildman–Crippen MR) is 76.2 cm³/mol. The summed E-state index contributed by atoms with van der Waals surface area (Å²) in [5.74, 6) is -0.414. The lowest BCUT2D eigenvalue weighted by Gasteiger charge is -2.27. The molecule has 5 nitrogen and oxygen atoms in total. The lowest BCUT2D eigenvalue weighted by atomic mass is 10.0. The first kappa shape index (κ1) is 14.1. The molecule has 0 radical (unpaired) electrons. The van der Waals surface area contributed by atoms with Gasteiger partial charge in [-0.15, -0.1) is 11.3 Å². The van der Waals surface area contributed by atoms with Crippen LogP contribution in [0.2, 0.25) is 0 Å². The number of amides is 2. The zero-order valence-electron chi connectivity index (χ0n) is 10.2. The quantitative estimate of drug-likeness (QED) is 0.650. The van der Waals surface area contributed by atoms with Gasteiger partial charge in [-0.1, -0.05) is 22.0 Å². The number of hydrogen-bond acceptors (Lipinski definition) is 4. The molecule has 0 aromatic carbocycles. The molecule has 7 heteroatoms. The van der Waals surface area contributed by atoms with E-state index in [2.05, 4.69) is 26.6 Å². The van der Waals surface area contributed by atoms with Gasteiger partial charge in [-0.25, -0.2) is 9.59 Å². The summed E-state index contributed by atoms with van der Waals surface area (Å²) in [6, 6.07) is 2.98. The van der Waals surface area contributed by atoms with Crippen LogP contribution in [0.3, 0.4) is 0 Å². The summed E-state index contributed by atoms with van der Waals surface area (Å²) in [6.45, 7) is 2.05. The molecule has 0 bridgehead atoms. The summed E-state index contributed by atoms with van der Waals surface area (Å²) in [4.78, 5) is 24.6. The van der Waals surface area contributed by atoms with E-state index in [1.165, 1.54) is 11.3 Å². The van der Waals surface area contributed by atoms with Crippen molar-refractivity contribution in [2.24, 2.45) is 0 Å². The Balaban J connectivity index is 2.43. The number of carbonyl (C=O) groups excluding carboxylic acids is 2. The second kappa shape index (κ2) is 6.21. The standard InChI is InChI=1S/C12H13BrN2O3S/c1-2-18-11(16)9-7(6-13)14-12(17)15-10(9)8-4-3-5-19-8/h3-5,10H,2,6H2,1H3,(H2,14,15,17)/t10-/m1/s1.